The topological polar surface area (TPSA) is 46.5 Å². The van der Waals surface area contributed by atoms with Crippen molar-refractivity contribution in [1.29, 1.82) is 0 Å². The summed E-state index contributed by atoms with van der Waals surface area (Å²) in [5.74, 6) is 0.246. The van der Waals surface area contributed by atoms with Crippen molar-refractivity contribution in [2.24, 2.45) is 0 Å². The zero-order valence-electron chi connectivity index (χ0n) is 14.2. The first kappa shape index (κ1) is 20.1. The molecule has 0 radical (unpaired) electrons. The Morgan fingerprint density at radius 3 is 2.33 bits per heavy atom. The number of aliphatic hydroxyl groups is 1. The molecule has 0 spiro atoms. The zero-order chi connectivity index (χ0) is 16.3. The fourth-order valence-corrected chi connectivity index (χ4v) is 5.72. The molecule has 0 aliphatic carbocycles. The molecule has 0 aliphatic heterocycles. The molecule has 1 unspecified atom stereocenters. The fraction of sp³-hybridized carbons (Fsp3) is 0.706. The number of rotatable bonds is 12. The highest BCUT2D eigenvalue weighted by atomic mass is 28.4. The number of ketones is 1. The second-order valence-electron chi connectivity index (χ2n) is 5.79. The Bertz CT molecular complexity index is 346. The molecule has 0 aromatic carbocycles. The summed E-state index contributed by atoms with van der Waals surface area (Å²) in [7, 11) is -1.89. The van der Waals surface area contributed by atoms with Crippen LogP contribution in [0.2, 0.25) is 12.1 Å². The van der Waals surface area contributed by atoms with Gasteiger partial charge in [-0.2, -0.15) is 0 Å². The molecule has 0 aromatic heterocycles. The molecule has 0 aliphatic rings. The van der Waals surface area contributed by atoms with Crippen LogP contribution in [0.5, 0.6) is 0 Å². The van der Waals surface area contributed by atoms with Crippen molar-refractivity contribution in [2.45, 2.75) is 78.0 Å². The Morgan fingerprint density at radius 2 is 1.90 bits per heavy atom. The maximum atomic E-state index is 11.0. The predicted octanol–water partition coefficient (Wildman–Crippen LogP) is 5.08. The standard InChI is InChI=1S/C17H32O3Si/c1-6-21(7-2,15(3)4)20-17(13-10-14-18)12-9-8-11-16(5)19/h10,14,17-18H,3,6-9,11-13H2,1-2,4-5H3/b14-10+. The molecule has 4 heteroatoms. The lowest BCUT2D eigenvalue weighted by Gasteiger charge is -2.34. The van der Waals surface area contributed by atoms with E-state index >= 15 is 0 Å². The van der Waals surface area contributed by atoms with Crippen LogP contribution in [0.25, 0.3) is 0 Å². The van der Waals surface area contributed by atoms with Crippen molar-refractivity contribution in [3.05, 3.63) is 24.1 Å². The molecule has 0 heterocycles. The zero-order valence-corrected chi connectivity index (χ0v) is 15.2. The molecule has 3 nitrogen and oxygen atoms in total. The van der Waals surface area contributed by atoms with E-state index in [1.165, 1.54) is 5.20 Å². The van der Waals surface area contributed by atoms with Crippen LogP contribution in [0.15, 0.2) is 24.1 Å². The molecule has 122 valence electrons. The van der Waals surface area contributed by atoms with E-state index in [0.29, 0.717) is 6.42 Å². The van der Waals surface area contributed by atoms with Crippen LogP contribution in [0.1, 0.15) is 59.8 Å². The number of hydrogen-bond donors (Lipinski definition) is 1. The van der Waals surface area contributed by atoms with Crippen molar-refractivity contribution >= 4 is 14.1 Å². The smallest absolute Gasteiger partial charge is 0.219 e. The first-order valence-electron chi connectivity index (χ1n) is 8.04. The Kier molecular flexibility index (Phi) is 10.3. The van der Waals surface area contributed by atoms with Gasteiger partial charge in [-0.15, -0.1) is 6.58 Å². The van der Waals surface area contributed by atoms with Gasteiger partial charge in [0.25, 0.3) is 0 Å². The molecular formula is C17H32O3Si. The Hall–Kier alpha value is -0.873. The number of carbonyl (C=O) groups is 1. The first-order chi connectivity index (χ1) is 9.91. The van der Waals surface area contributed by atoms with Crippen molar-refractivity contribution in [2.75, 3.05) is 0 Å². The summed E-state index contributed by atoms with van der Waals surface area (Å²) < 4.78 is 6.50. The number of aliphatic hydroxyl groups excluding tert-OH is 1. The lowest BCUT2D eigenvalue weighted by molar-refractivity contribution is -0.117. The maximum Gasteiger partial charge on any atom is 0.219 e. The molecule has 1 atom stereocenters. The average Bonchev–Trinajstić information content (AvgIpc) is 2.45. The van der Waals surface area contributed by atoms with Crippen molar-refractivity contribution < 1.29 is 14.3 Å². The largest absolute Gasteiger partial charge is 0.516 e. The lowest BCUT2D eigenvalue weighted by Crippen LogP contribution is -2.42. The van der Waals surface area contributed by atoms with Gasteiger partial charge >= 0.3 is 0 Å². The highest BCUT2D eigenvalue weighted by Gasteiger charge is 2.34. The van der Waals surface area contributed by atoms with Crippen LogP contribution in [-0.2, 0) is 9.22 Å². The quantitative estimate of drug-likeness (QED) is 0.310. The van der Waals surface area contributed by atoms with Gasteiger partial charge in [0.05, 0.1) is 6.26 Å². The van der Waals surface area contributed by atoms with Gasteiger partial charge in [-0.25, -0.2) is 0 Å². The molecule has 0 aromatic rings. The number of Topliss-reactive ketones (excluding diaryl/α,β-unsaturated/α-hetero) is 1. The third-order valence-corrected chi connectivity index (χ3v) is 8.75. The summed E-state index contributed by atoms with van der Waals surface area (Å²) in [6.07, 6.45) is 7.15. The summed E-state index contributed by atoms with van der Waals surface area (Å²) >= 11 is 0. The summed E-state index contributed by atoms with van der Waals surface area (Å²) in [4.78, 5) is 11.0. The van der Waals surface area contributed by atoms with Crippen LogP contribution in [0, 0.1) is 0 Å². The SMILES string of the molecule is C=C(C)[Si](CC)(CC)OC(C/C=C/O)CCCCC(C)=O. The monoisotopic (exact) mass is 312 g/mol. The van der Waals surface area contributed by atoms with Crippen LogP contribution in [0.4, 0.5) is 0 Å². The van der Waals surface area contributed by atoms with Crippen LogP contribution in [-0.4, -0.2) is 25.3 Å². The summed E-state index contributed by atoms with van der Waals surface area (Å²) in [6.45, 7) is 12.2. The van der Waals surface area contributed by atoms with E-state index in [9.17, 15) is 4.79 Å². The molecule has 0 rings (SSSR count). The molecule has 1 N–H and O–H groups in total. The van der Waals surface area contributed by atoms with E-state index in [1.807, 2.05) is 0 Å². The average molecular weight is 313 g/mol. The van der Waals surface area contributed by atoms with E-state index in [0.717, 1.165) is 44.0 Å². The van der Waals surface area contributed by atoms with Crippen LogP contribution >= 0.6 is 0 Å². The van der Waals surface area contributed by atoms with Gasteiger partial charge in [-0.3, -0.25) is 0 Å². The highest BCUT2D eigenvalue weighted by Crippen LogP contribution is 2.28. The third-order valence-electron chi connectivity index (χ3n) is 4.12. The predicted molar refractivity (Wildman–Crippen MR) is 91.9 cm³/mol. The van der Waals surface area contributed by atoms with Gasteiger partial charge in [0.2, 0.25) is 8.32 Å². The maximum absolute atomic E-state index is 11.0. The molecule has 21 heavy (non-hydrogen) atoms. The van der Waals surface area contributed by atoms with Gasteiger partial charge in [0.1, 0.15) is 5.78 Å². The number of carbonyl (C=O) groups excluding carboxylic acids is 1. The minimum Gasteiger partial charge on any atom is -0.516 e. The van der Waals surface area contributed by atoms with Gasteiger partial charge in [0.15, 0.2) is 0 Å². The number of allylic oxidation sites excluding steroid dienone is 1. The fourth-order valence-electron chi connectivity index (χ4n) is 2.62. The molecular weight excluding hydrogens is 280 g/mol. The van der Waals surface area contributed by atoms with E-state index < -0.39 is 8.32 Å². The molecule has 0 fully saturated rings. The minimum absolute atomic E-state index is 0.114. The summed E-state index contributed by atoms with van der Waals surface area (Å²) in [6, 6.07) is 2.07. The van der Waals surface area contributed by atoms with Crippen molar-refractivity contribution in [3.8, 4) is 0 Å². The Labute approximate surface area is 131 Å². The molecule has 0 saturated heterocycles. The lowest BCUT2D eigenvalue weighted by atomic mass is 10.1. The molecule has 0 amide bonds. The second kappa shape index (κ2) is 10.8. The molecule has 0 saturated carbocycles. The van der Waals surface area contributed by atoms with E-state index in [4.69, 9.17) is 9.53 Å². The van der Waals surface area contributed by atoms with Crippen molar-refractivity contribution in [1.82, 2.24) is 0 Å². The Balaban J connectivity index is 4.65. The normalized spacial score (nSPS) is 13.5. The second-order valence-corrected chi connectivity index (χ2v) is 10.3. The van der Waals surface area contributed by atoms with Crippen LogP contribution in [0.3, 0.4) is 0 Å². The van der Waals surface area contributed by atoms with Gasteiger partial charge in [-0.05, 0) is 51.3 Å². The number of hydrogen-bond acceptors (Lipinski definition) is 3. The third kappa shape index (κ3) is 7.62. The highest BCUT2D eigenvalue weighted by molar-refractivity contribution is 6.80. The van der Waals surface area contributed by atoms with E-state index in [2.05, 4.69) is 27.4 Å². The van der Waals surface area contributed by atoms with Gasteiger partial charge < -0.3 is 14.3 Å². The Morgan fingerprint density at radius 1 is 1.29 bits per heavy atom. The van der Waals surface area contributed by atoms with Gasteiger partial charge in [0, 0.05) is 12.5 Å². The van der Waals surface area contributed by atoms with E-state index in [-0.39, 0.29) is 11.9 Å². The minimum atomic E-state index is -1.89. The summed E-state index contributed by atoms with van der Waals surface area (Å²) in [5, 5.41) is 10.1. The van der Waals surface area contributed by atoms with E-state index in [1.54, 1.807) is 13.0 Å². The summed E-state index contributed by atoms with van der Waals surface area (Å²) in [5.41, 5.74) is 0. The van der Waals surface area contributed by atoms with Crippen LogP contribution < -0.4 is 0 Å². The van der Waals surface area contributed by atoms with Crippen molar-refractivity contribution in [3.63, 3.8) is 0 Å². The first-order valence-corrected chi connectivity index (χ1v) is 10.4. The van der Waals surface area contributed by atoms with Gasteiger partial charge in [-0.1, -0.05) is 25.5 Å². The molecule has 0 bridgehead atoms. The number of unbranched alkanes of at least 4 members (excludes halogenated alkanes) is 1.